The van der Waals surface area contributed by atoms with Crippen LogP contribution >= 0.6 is 0 Å². The molecule has 0 fully saturated rings. The van der Waals surface area contributed by atoms with Crippen LogP contribution in [0.3, 0.4) is 0 Å². The van der Waals surface area contributed by atoms with Crippen molar-refractivity contribution in [1.29, 1.82) is 0 Å². The Balaban J connectivity index is 2.41. The Labute approximate surface area is 105 Å². The van der Waals surface area contributed by atoms with E-state index in [0.29, 0.717) is 11.7 Å². The van der Waals surface area contributed by atoms with Crippen LogP contribution in [0.25, 0.3) is 11.5 Å². The Bertz CT molecular complexity index is 561. The van der Waals surface area contributed by atoms with Crippen LogP contribution in [-0.2, 0) is 10.3 Å². The minimum absolute atomic E-state index is 0.216. The minimum Gasteiger partial charge on any atom is -0.508 e. The van der Waals surface area contributed by atoms with Gasteiger partial charge in [-0.05, 0) is 44.5 Å². The van der Waals surface area contributed by atoms with E-state index in [0.717, 1.165) is 11.1 Å². The van der Waals surface area contributed by atoms with E-state index in [2.05, 4.69) is 10.1 Å². The molecule has 0 radical (unpaired) electrons. The maximum atomic E-state index is 9.37. The molecule has 2 aromatic rings. The lowest BCUT2D eigenvalue weighted by Crippen LogP contribution is -2.21. The number of aryl methyl sites for hydroxylation is 1. The molecule has 0 saturated carbocycles. The smallest absolute Gasteiger partial charge is 0.258 e. The van der Waals surface area contributed by atoms with E-state index in [4.69, 9.17) is 9.26 Å². The van der Waals surface area contributed by atoms with Crippen molar-refractivity contribution < 1.29 is 14.4 Å². The van der Waals surface area contributed by atoms with Crippen molar-refractivity contribution in [3.05, 3.63) is 29.6 Å². The summed E-state index contributed by atoms with van der Waals surface area (Å²) < 4.78 is 10.5. The van der Waals surface area contributed by atoms with Crippen LogP contribution in [-0.4, -0.2) is 22.4 Å². The van der Waals surface area contributed by atoms with Gasteiger partial charge in [-0.25, -0.2) is 0 Å². The fourth-order valence-electron chi connectivity index (χ4n) is 1.56. The molecular formula is C13H16N2O3. The summed E-state index contributed by atoms with van der Waals surface area (Å²) in [5.74, 6) is 1.13. The molecule has 5 heteroatoms. The molecule has 0 unspecified atom stereocenters. The zero-order valence-corrected chi connectivity index (χ0v) is 10.9. The predicted molar refractivity (Wildman–Crippen MR) is 66.2 cm³/mol. The maximum absolute atomic E-state index is 9.37. The lowest BCUT2D eigenvalue weighted by Gasteiger charge is -2.17. The van der Waals surface area contributed by atoms with Crippen molar-refractivity contribution in [2.24, 2.45) is 0 Å². The SMILES string of the molecule is COC(C)(C)c1noc(-c2ccc(O)cc2C)n1. The van der Waals surface area contributed by atoms with E-state index < -0.39 is 5.60 Å². The van der Waals surface area contributed by atoms with Crippen molar-refractivity contribution in [1.82, 2.24) is 10.1 Å². The van der Waals surface area contributed by atoms with Gasteiger partial charge in [-0.1, -0.05) is 5.16 Å². The summed E-state index contributed by atoms with van der Waals surface area (Å²) >= 11 is 0. The summed E-state index contributed by atoms with van der Waals surface area (Å²) in [5.41, 5.74) is 1.09. The van der Waals surface area contributed by atoms with Gasteiger partial charge in [0, 0.05) is 12.7 Å². The van der Waals surface area contributed by atoms with Gasteiger partial charge in [-0.2, -0.15) is 4.98 Å². The van der Waals surface area contributed by atoms with Gasteiger partial charge in [0.2, 0.25) is 5.82 Å². The van der Waals surface area contributed by atoms with Crippen LogP contribution in [0.15, 0.2) is 22.7 Å². The first-order chi connectivity index (χ1) is 8.44. The van der Waals surface area contributed by atoms with Crippen LogP contribution in [0.2, 0.25) is 0 Å². The average Bonchev–Trinajstić information content (AvgIpc) is 2.79. The third-order valence-corrected chi connectivity index (χ3v) is 2.92. The van der Waals surface area contributed by atoms with Crippen molar-refractivity contribution in [2.45, 2.75) is 26.4 Å². The fourth-order valence-corrected chi connectivity index (χ4v) is 1.56. The number of methoxy groups -OCH3 is 1. The lowest BCUT2D eigenvalue weighted by molar-refractivity contribution is 0.00973. The maximum Gasteiger partial charge on any atom is 0.258 e. The highest BCUT2D eigenvalue weighted by molar-refractivity contribution is 5.59. The normalized spacial score (nSPS) is 11.8. The quantitative estimate of drug-likeness (QED) is 0.904. The van der Waals surface area contributed by atoms with Crippen LogP contribution in [0.4, 0.5) is 0 Å². The Morgan fingerprint density at radius 3 is 2.67 bits per heavy atom. The Morgan fingerprint density at radius 2 is 2.06 bits per heavy atom. The Kier molecular flexibility index (Phi) is 3.09. The third-order valence-electron chi connectivity index (χ3n) is 2.92. The van der Waals surface area contributed by atoms with Crippen LogP contribution in [0.5, 0.6) is 5.75 Å². The number of hydrogen-bond donors (Lipinski definition) is 1. The average molecular weight is 248 g/mol. The van der Waals surface area contributed by atoms with Crippen molar-refractivity contribution in [2.75, 3.05) is 7.11 Å². The number of ether oxygens (including phenoxy) is 1. The Morgan fingerprint density at radius 1 is 1.33 bits per heavy atom. The van der Waals surface area contributed by atoms with Gasteiger partial charge in [0.25, 0.3) is 5.89 Å². The molecular weight excluding hydrogens is 232 g/mol. The summed E-state index contributed by atoms with van der Waals surface area (Å²) in [4.78, 5) is 4.33. The van der Waals surface area contributed by atoms with Crippen molar-refractivity contribution >= 4 is 0 Å². The monoisotopic (exact) mass is 248 g/mol. The molecule has 0 aliphatic carbocycles. The molecule has 1 N–H and O–H groups in total. The van der Waals surface area contributed by atoms with Crippen LogP contribution < -0.4 is 0 Å². The highest BCUT2D eigenvalue weighted by Gasteiger charge is 2.26. The number of phenolic OH excluding ortho intramolecular Hbond substituents is 1. The predicted octanol–water partition coefficient (Wildman–Crippen LogP) is 2.63. The van der Waals surface area contributed by atoms with Gasteiger partial charge >= 0.3 is 0 Å². The van der Waals surface area contributed by atoms with Gasteiger partial charge in [-0.3, -0.25) is 0 Å². The first-order valence-corrected chi connectivity index (χ1v) is 5.63. The van der Waals surface area contributed by atoms with Gasteiger partial charge in [0.15, 0.2) is 0 Å². The summed E-state index contributed by atoms with van der Waals surface area (Å²) in [6.07, 6.45) is 0. The largest absolute Gasteiger partial charge is 0.508 e. The molecule has 1 aromatic carbocycles. The van der Waals surface area contributed by atoms with Gasteiger partial charge in [-0.15, -0.1) is 0 Å². The fraction of sp³-hybridized carbons (Fsp3) is 0.385. The molecule has 18 heavy (non-hydrogen) atoms. The van der Waals surface area contributed by atoms with E-state index in [1.165, 1.54) is 0 Å². The first kappa shape index (κ1) is 12.6. The van der Waals surface area contributed by atoms with Gasteiger partial charge in [0.1, 0.15) is 11.4 Å². The second kappa shape index (κ2) is 4.42. The van der Waals surface area contributed by atoms with Crippen LogP contribution in [0.1, 0.15) is 25.2 Å². The number of benzene rings is 1. The number of aromatic nitrogens is 2. The molecule has 0 aliphatic heterocycles. The van der Waals surface area contributed by atoms with Crippen molar-refractivity contribution in [3.63, 3.8) is 0 Å². The van der Waals surface area contributed by atoms with Crippen LogP contribution in [0, 0.1) is 6.92 Å². The molecule has 96 valence electrons. The van der Waals surface area contributed by atoms with E-state index in [1.54, 1.807) is 25.3 Å². The van der Waals surface area contributed by atoms with E-state index >= 15 is 0 Å². The third kappa shape index (κ3) is 2.22. The second-order valence-electron chi connectivity index (χ2n) is 4.64. The first-order valence-electron chi connectivity index (χ1n) is 5.63. The molecule has 0 spiro atoms. The summed E-state index contributed by atoms with van der Waals surface area (Å²) in [5, 5.41) is 13.3. The van der Waals surface area contributed by atoms with E-state index in [1.807, 2.05) is 20.8 Å². The van der Waals surface area contributed by atoms with Gasteiger partial charge in [0.05, 0.1) is 0 Å². The standard InChI is InChI=1S/C13H16N2O3/c1-8-7-9(16)5-6-10(8)11-14-12(15-18-11)13(2,3)17-4/h5-7,16H,1-4H3. The number of phenols is 1. The molecule has 0 atom stereocenters. The van der Waals surface area contributed by atoms with E-state index in [9.17, 15) is 5.11 Å². The molecule has 0 bridgehead atoms. The number of hydrogen-bond acceptors (Lipinski definition) is 5. The molecule has 2 rings (SSSR count). The minimum atomic E-state index is -0.591. The number of rotatable bonds is 3. The molecule has 1 heterocycles. The van der Waals surface area contributed by atoms with E-state index in [-0.39, 0.29) is 5.75 Å². The number of nitrogens with zero attached hydrogens (tertiary/aromatic N) is 2. The highest BCUT2D eigenvalue weighted by Crippen LogP contribution is 2.28. The molecule has 0 saturated heterocycles. The number of aromatic hydroxyl groups is 1. The second-order valence-corrected chi connectivity index (χ2v) is 4.64. The summed E-state index contributed by atoms with van der Waals surface area (Å²) in [6, 6.07) is 5.00. The summed E-state index contributed by atoms with van der Waals surface area (Å²) in [7, 11) is 1.60. The lowest BCUT2D eigenvalue weighted by atomic mass is 10.1. The Hall–Kier alpha value is -1.88. The molecule has 1 aromatic heterocycles. The molecule has 0 amide bonds. The molecule has 0 aliphatic rings. The molecule has 5 nitrogen and oxygen atoms in total. The zero-order valence-electron chi connectivity index (χ0n) is 10.9. The topological polar surface area (TPSA) is 68.4 Å². The van der Waals surface area contributed by atoms with Gasteiger partial charge < -0.3 is 14.4 Å². The summed E-state index contributed by atoms with van der Waals surface area (Å²) in [6.45, 7) is 5.61. The highest BCUT2D eigenvalue weighted by atomic mass is 16.5. The zero-order chi connectivity index (χ0) is 13.3. The van der Waals surface area contributed by atoms with Crippen molar-refractivity contribution in [3.8, 4) is 17.2 Å².